The number of sulfone groups is 1. The number of ether oxygens (including phenoxy) is 2. The Kier molecular flexibility index (Phi) is 9.86. The first-order chi connectivity index (χ1) is 17.4. The van der Waals surface area contributed by atoms with Crippen LogP contribution in [0.15, 0.2) is 64.2 Å². The Morgan fingerprint density at radius 3 is 2.64 bits per heavy atom. The van der Waals surface area contributed by atoms with Gasteiger partial charge in [0.15, 0.2) is 11.5 Å². The fourth-order valence-electron chi connectivity index (χ4n) is 2.83. The van der Waals surface area contributed by atoms with E-state index in [2.05, 4.69) is 14.7 Å². The summed E-state index contributed by atoms with van der Waals surface area (Å²) in [5.41, 5.74) is 0.364. The van der Waals surface area contributed by atoms with Gasteiger partial charge in [-0.2, -0.15) is 14.6 Å². The molecule has 2 aromatic carbocycles. The van der Waals surface area contributed by atoms with E-state index >= 15 is 0 Å². The summed E-state index contributed by atoms with van der Waals surface area (Å²) in [6.45, 7) is 4.20. The molecular formula is C24H24N4O5S3. The maximum atomic E-state index is 12.6. The fraction of sp³-hybridized carbons (Fsp3) is 0.250. The van der Waals surface area contributed by atoms with Crippen LogP contribution in [0.1, 0.15) is 19.4 Å². The van der Waals surface area contributed by atoms with Gasteiger partial charge in [0.2, 0.25) is 15.0 Å². The number of amides is 1. The van der Waals surface area contributed by atoms with E-state index in [1.807, 2.05) is 43.3 Å². The molecule has 0 saturated heterocycles. The van der Waals surface area contributed by atoms with Gasteiger partial charge < -0.3 is 9.47 Å². The number of nitriles is 1. The van der Waals surface area contributed by atoms with Crippen molar-refractivity contribution in [1.82, 2.24) is 9.36 Å². The van der Waals surface area contributed by atoms with Gasteiger partial charge in [-0.1, -0.05) is 31.2 Å². The highest BCUT2D eigenvalue weighted by atomic mass is 32.2. The Morgan fingerprint density at radius 2 is 1.94 bits per heavy atom. The summed E-state index contributed by atoms with van der Waals surface area (Å²) in [7, 11) is -3.59. The Bertz CT molecular complexity index is 1370. The smallest absolute Gasteiger partial charge is 0.268 e. The van der Waals surface area contributed by atoms with Crippen molar-refractivity contribution in [2.75, 3.05) is 30.0 Å². The molecule has 0 atom stereocenters. The summed E-state index contributed by atoms with van der Waals surface area (Å²) >= 11 is 2.41. The first-order valence-corrected chi connectivity index (χ1v) is 14.3. The first kappa shape index (κ1) is 27.2. The summed E-state index contributed by atoms with van der Waals surface area (Å²) in [6.07, 6.45) is 1.40. The Balaban J connectivity index is 1.68. The number of carbonyl (C=O) groups excluding carboxylic acids is 1. The third-order valence-electron chi connectivity index (χ3n) is 4.58. The van der Waals surface area contributed by atoms with Crippen molar-refractivity contribution in [3.63, 3.8) is 0 Å². The lowest BCUT2D eigenvalue weighted by Gasteiger charge is -2.13. The minimum absolute atomic E-state index is 0.0136. The molecule has 0 fully saturated rings. The van der Waals surface area contributed by atoms with Crippen molar-refractivity contribution in [3.05, 3.63) is 59.7 Å². The molecule has 0 aliphatic heterocycles. The number of nitrogens with one attached hydrogen (secondary N) is 1. The van der Waals surface area contributed by atoms with E-state index in [1.54, 1.807) is 30.0 Å². The number of benzene rings is 2. The molecule has 0 radical (unpaired) electrons. The van der Waals surface area contributed by atoms with E-state index in [0.717, 1.165) is 22.2 Å². The van der Waals surface area contributed by atoms with E-state index in [0.29, 0.717) is 30.3 Å². The van der Waals surface area contributed by atoms with Crippen LogP contribution in [-0.4, -0.2) is 48.4 Å². The van der Waals surface area contributed by atoms with Crippen molar-refractivity contribution in [1.29, 1.82) is 5.26 Å². The highest BCUT2D eigenvalue weighted by Crippen LogP contribution is 2.30. The molecule has 0 saturated carbocycles. The topological polar surface area (TPSA) is 131 Å². The van der Waals surface area contributed by atoms with Gasteiger partial charge in [-0.25, -0.2) is 8.42 Å². The van der Waals surface area contributed by atoms with Crippen LogP contribution in [0.2, 0.25) is 0 Å². The molecule has 0 spiro atoms. The Morgan fingerprint density at radius 1 is 1.17 bits per heavy atom. The maximum Gasteiger partial charge on any atom is 0.268 e. The second-order valence-electron chi connectivity index (χ2n) is 7.06. The third-order valence-corrected chi connectivity index (χ3v) is 7.80. The SMILES string of the molecule is CCOc1cc(/C=C(/C#N)C(=O)Nc2nc(S(=O)(=O)CC)ns2)ccc1OCCSc1ccccc1. The standard InChI is InChI=1S/C24H24N4O5S3/c1-3-32-21-15-17(10-11-20(21)33-12-13-34-19-8-6-5-7-9-19)14-18(16-25)22(29)26-23-27-24(28-35-23)36(30,31)4-2/h5-11,14-15H,3-4,12-13H2,1-2H3,(H,26,27,28,29)/b18-14-. The lowest BCUT2D eigenvalue weighted by atomic mass is 10.1. The van der Waals surface area contributed by atoms with Crippen molar-refractivity contribution in [2.24, 2.45) is 0 Å². The summed E-state index contributed by atoms with van der Waals surface area (Å²) in [4.78, 5) is 17.6. The van der Waals surface area contributed by atoms with Crippen LogP contribution in [0.25, 0.3) is 6.08 Å². The molecule has 0 aliphatic rings. The quantitative estimate of drug-likeness (QED) is 0.152. The minimum atomic E-state index is -3.59. The van der Waals surface area contributed by atoms with Crippen LogP contribution in [0.5, 0.6) is 11.5 Å². The molecule has 0 aliphatic carbocycles. The molecule has 1 amide bonds. The van der Waals surface area contributed by atoms with Crippen molar-refractivity contribution < 1.29 is 22.7 Å². The third kappa shape index (κ3) is 7.55. The predicted molar refractivity (Wildman–Crippen MR) is 140 cm³/mol. The minimum Gasteiger partial charge on any atom is -0.490 e. The largest absolute Gasteiger partial charge is 0.490 e. The normalized spacial score (nSPS) is 11.5. The van der Waals surface area contributed by atoms with Gasteiger partial charge in [0.1, 0.15) is 11.6 Å². The second-order valence-corrected chi connectivity index (χ2v) is 11.2. The number of thioether (sulfide) groups is 1. The molecule has 3 rings (SSSR count). The van der Waals surface area contributed by atoms with E-state index in [1.165, 1.54) is 13.0 Å². The van der Waals surface area contributed by atoms with Crippen molar-refractivity contribution in [2.45, 2.75) is 23.9 Å². The average molecular weight is 545 g/mol. The molecule has 9 nitrogen and oxygen atoms in total. The van der Waals surface area contributed by atoms with Gasteiger partial charge in [0, 0.05) is 22.2 Å². The molecule has 1 aromatic heterocycles. The zero-order chi connectivity index (χ0) is 26.0. The lowest BCUT2D eigenvalue weighted by molar-refractivity contribution is -0.112. The van der Waals surface area contributed by atoms with Gasteiger partial charge >= 0.3 is 0 Å². The van der Waals surface area contributed by atoms with Crippen LogP contribution >= 0.6 is 23.3 Å². The fourth-order valence-corrected chi connectivity index (χ4v) is 5.16. The number of aromatic nitrogens is 2. The zero-order valence-electron chi connectivity index (χ0n) is 19.6. The van der Waals surface area contributed by atoms with Gasteiger partial charge in [0.05, 0.1) is 19.0 Å². The van der Waals surface area contributed by atoms with E-state index < -0.39 is 15.7 Å². The van der Waals surface area contributed by atoms with Crippen LogP contribution in [0.3, 0.4) is 0 Å². The van der Waals surface area contributed by atoms with Gasteiger partial charge in [-0.05, 0) is 42.8 Å². The second kappa shape index (κ2) is 13.1. The Hall–Kier alpha value is -3.40. The van der Waals surface area contributed by atoms with Crippen LogP contribution in [-0.2, 0) is 14.6 Å². The summed E-state index contributed by atoms with van der Waals surface area (Å²) < 4.78 is 39.1. The molecule has 1 heterocycles. The Labute approximate surface area is 218 Å². The van der Waals surface area contributed by atoms with Crippen molar-refractivity contribution in [3.8, 4) is 17.6 Å². The number of hydrogen-bond acceptors (Lipinski definition) is 10. The molecular weight excluding hydrogens is 520 g/mol. The van der Waals surface area contributed by atoms with Gasteiger partial charge in [-0.15, -0.1) is 11.8 Å². The first-order valence-electron chi connectivity index (χ1n) is 10.9. The molecule has 188 valence electrons. The number of anilines is 1. The lowest BCUT2D eigenvalue weighted by Crippen LogP contribution is -2.13. The molecule has 1 N–H and O–H groups in total. The highest BCUT2D eigenvalue weighted by Gasteiger charge is 2.20. The molecule has 0 unspecified atom stereocenters. The molecule has 0 bridgehead atoms. The predicted octanol–water partition coefficient (Wildman–Crippen LogP) is 4.45. The molecule has 36 heavy (non-hydrogen) atoms. The van der Waals surface area contributed by atoms with E-state index in [4.69, 9.17) is 9.47 Å². The zero-order valence-corrected chi connectivity index (χ0v) is 22.1. The summed E-state index contributed by atoms with van der Waals surface area (Å²) in [6, 6.07) is 17.0. The van der Waals surface area contributed by atoms with Gasteiger partial charge in [-0.3, -0.25) is 10.1 Å². The molecule has 12 heteroatoms. The number of nitrogens with zero attached hydrogens (tertiary/aromatic N) is 3. The summed E-state index contributed by atoms with van der Waals surface area (Å²) in [5, 5.41) is 11.6. The van der Waals surface area contributed by atoms with Crippen LogP contribution < -0.4 is 14.8 Å². The van der Waals surface area contributed by atoms with E-state index in [-0.39, 0.29) is 21.6 Å². The van der Waals surface area contributed by atoms with Gasteiger partial charge in [0.25, 0.3) is 11.1 Å². The average Bonchev–Trinajstić information content (AvgIpc) is 3.36. The number of hydrogen-bond donors (Lipinski definition) is 1. The highest BCUT2D eigenvalue weighted by molar-refractivity contribution is 7.99. The summed E-state index contributed by atoms with van der Waals surface area (Å²) in [5.74, 6) is 0.915. The monoisotopic (exact) mass is 544 g/mol. The van der Waals surface area contributed by atoms with Crippen LogP contribution in [0, 0.1) is 11.3 Å². The number of rotatable bonds is 12. The van der Waals surface area contributed by atoms with Crippen molar-refractivity contribution >= 4 is 50.2 Å². The van der Waals surface area contributed by atoms with E-state index in [9.17, 15) is 18.5 Å². The number of carbonyl (C=O) groups is 1. The molecule has 3 aromatic rings. The maximum absolute atomic E-state index is 12.6. The van der Waals surface area contributed by atoms with Crippen LogP contribution in [0.4, 0.5) is 5.13 Å².